The van der Waals surface area contributed by atoms with E-state index in [1.165, 1.54) is 0 Å². The molecular weight excluding hydrogens is 214 g/mol. The predicted molar refractivity (Wildman–Crippen MR) is 66.6 cm³/mol. The quantitative estimate of drug-likeness (QED) is 0.743. The van der Waals surface area contributed by atoms with Crippen molar-refractivity contribution < 1.29 is 9.47 Å². The van der Waals surface area contributed by atoms with Crippen LogP contribution in [0.4, 0.5) is 0 Å². The number of hydrogen-bond acceptors (Lipinski definition) is 3. The van der Waals surface area contributed by atoms with Crippen LogP contribution < -0.4 is 9.47 Å². The first-order valence-electron chi connectivity index (χ1n) is 6.40. The molecule has 2 heterocycles. The van der Waals surface area contributed by atoms with Gasteiger partial charge in [0.1, 0.15) is 12.2 Å². The van der Waals surface area contributed by atoms with Gasteiger partial charge in [-0.3, -0.25) is 4.90 Å². The molecule has 1 aromatic carbocycles. The van der Waals surface area contributed by atoms with Crippen molar-refractivity contribution in [1.82, 2.24) is 4.90 Å². The van der Waals surface area contributed by atoms with Crippen LogP contribution in [0.5, 0.6) is 11.5 Å². The Morgan fingerprint density at radius 2 is 1.76 bits per heavy atom. The Bertz CT molecular complexity index is 405. The van der Waals surface area contributed by atoms with E-state index in [0.717, 1.165) is 31.0 Å². The molecule has 0 aromatic heterocycles. The third-order valence-electron chi connectivity index (χ3n) is 3.67. The molecule has 17 heavy (non-hydrogen) atoms. The van der Waals surface area contributed by atoms with Crippen LogP contribution in [0.25, 0.3) is 0 Å². The van der Waals surface area contributed by atoms with Gasteiger partial charge in [-0.2, -0.15) is 0 Å². The van der Waals surface area contributed by atoms with Gasteiger partial charge in [0.25, 0.3) is 0 Å². The van der Waals surface area contributed by atoms with Gasteiger partial charge in [0.05, 0.1) is 0 Å². The third kappa shape index (κ3) is 2.00. The van der Waals surface area contributed by atoms with E-state index in [9.17, 15) is 0 Å². The second-order valence-corrected chi connectivity index (χ2v) is 5.14. The van der Waals surface area contributed by atoms with Crippen LogP contribution in [0.2, 0.25) is 0 Å². The van der Waals surface area contributed by atoms with Gasteiger partial charge in [0.2, 0.25) is 0 Å². The smallest absolute Gasteiger partial charge is 0.161 e. The first-order valence-corrected chi connectivity index (χ1v) is 6.40. The van der Waals surface area contributed by atoms with Crippen LogP contribution in [0.1, 0.15) is 20.3 Å². The Morgan fingerprint density at radius 3 is 2.41 bits per heavy atom. The second-order valence-electron chi connectivity index (χ2n) is 5.14. The van der Waals surface area contributed by atoms with Gasteiger partial charge in [-0.15, -0.1) is 0 Å². The topological polar surface area (TPSA) is 21.7 Å². The number of benzene rings is 1. The van der Waals surface area contributed by atoms with Crippen LogP contribution in [0.3, 0.4) is 0 Å². The van der Waals surface area contributed by atoms with Crippen molar-refractivity contribution in [1.29, 1.82) is 0 Å². The monoisotopic (exact) mass is 233 g/mol. The largest absolute Gasteiger partial charge is 0.483 e. The molecule has 1 aromatic rings. The Labute approximate surface area is 102 Å². The highest BCUT2D eigenvalue weighted by Gasteiger charge is 2.37. The number of ether oxygens (including phenoxy) is 2. The number of hydrogen-bond donors (Lipinski definition) is 0. The molecule has 3 rings (SSSR count). The summed E-state index contributed by atoms with van der Waals surface area (Å²) in [5, 5.41) is 0. The fraction of sp³-hybridized carbons (Fsp3) is 0.571. The highest BCUT2D eigenvalue weighted by atomic mass is 16.6. The first-order chi connectivity index (χ1) is 8.24. The summed E-state index contributed by atoms with van der Waals surface area (Å²) >= 11 is 0. The molecule has 1 saturated heterocycles. The minimum absolute atomic E-state index is 0.182. The minimum Gasteiger partial charge on any atom is -0.483 e. The fourth-order valence-corrected chi connectivity index (χ4v) is 2.61. The van der Waals surface area contributed by atoms with Gasteiger partial charge in [0, 0.05) is 25.6 Å². The molecular formula is C14H19NO2. The van der Waals surface area contributed by atoms with Crippen molar-refractivity contribution >= 4 is 0 Å². The molecule has 2 unspecified atom stereocenters. The van der Waals surface area contributed by atoms with Gasteiger partial charge in [-0.25, -0.2) is 0 Å². The van der Waals surface area contributed by atoms with Crippen LogP contribution in [-0.4, -0.2) is 36.2 Å². The van der Waals surface area contributed by atoms with Gasteiger partial charge in [-0.05, 0) is 26.0 Å². The van der Waals surface area contributed by atoms with Crippen LogP contribution in [0.15, 0.2) is 24.3 Å². The van der Waals surface area contributed by atoms with Crippen molar-refractivity contribution in [3.63, 3.8) is 0 Å². The van der Waals surface area contributed by atoms with Gasteiger partial charge >= 0.3 is 0 Å². The number of likely N-dealkylation sites (tertiary alicyclic amines) is 1. The molecule has 2 aliphatic rings. The number of para-hydroxylation sites is 2. The lowest BCUT2D eigenvalue weighted by Gasteiger charge is -2.42. The van der Waals surface area contributed by atoms with E-state index in [2.05, 4.69) is 18.7 Å². The maximum Gasteiger partial charge on any atom is 0.161 e. The molecule has 92 valence electrons. The number of rotatable bonds is 1. The van der Waals surface area contributed by atoms with Crippen LogP contribution >= 0.6 is 0 Å². The lowest BCUT2D eigenvalue weighted by Crippen LogP contribution is -2.54. The zero-order chi connectivity index (χ0) is 11.8. The van der Waals surface area contributed by atoms with Gasteiger partial charge in [-0.1, -0.05) is 12.1 Å². The van der Waals surface area contributed by atoms with E-state index in [4.69, 9.17) is 9.47 Å². The fourth-order valence-electron chi connectivity index (χ4n) is 2.61. The SMILES string of the molecule is CC(C)N1CCC2Oc3ccccc3OC2C1. The van der Waals surface area contributed by atoms with Crippen molar-refractivity contribution in [2.45, 2.75) is 38.5 Å². The zero-order valence-electron chi connectivity index (χ0n) is 10.4. The molecule has 0 aliphatic carbocycles. The van der Waals surface area contributed by atoms with E-state index in [0.29, 0.717) is 6.04 Å². The summed E-state index contributed by atoms with van der Waals surface area (Å²) in [5.41, 5.74) is 0. The van der Waals surface area contributed by atoms with E-state index in [1.807, 2.05) is 24.3 Å². The van der Waals surface area contributed by atoms with Gasteiger partial charge in [0.15, 0.2) is 11.5 Å². The Hall–Kier alpha value is -1.22. The molecule has 0 amide bonds. The zero-order valence-corrected chi connectivity index (χ0v) is 10.4. The molecule has 0 saturated carbocycles. The maximum absolute atomic E-state index is 6.05. The maximum atomic E-state index is 6.05. The Kier molecular flexibility index (Phi) is 2.71. The minimum atomic E-state index is 0.182. The summed E-state index contributed by atoms with van der Waals surface area (Å²) in [4.78, 5) is 2.46. The highest BCUT2D eigenvalue weighted by Crippen LogP contribution is 2.36. The second kappa shape index (κ2) is 4.22. The lowest BCUT2D eigenvalue weighted by atomic mass is 10.0. The summed E-state index contributed by atoms with van der Waals surface area (Å²) in [6.45, 7) is 6.54. The molecule has 0 radical (unpaired) electrons. The Morgan fingerprint density at radius 1 is 1.12 bits per heavy atom. The van der Waals surface area contributed by atoms with Crippen LogP contribution in [-0.2, 0) is 0 Å². The Balaban J connectivity index is 1.78. The van der Waals surface area contributed by atoms with Crippen molar-refractivity contribution in [2.24, 2.45) is 0 Å². The van der Waals surface area contributed by atoms with E-state index in [1.54, 1.807) is 0 Å². The average molecular weight is 233 g/mol. The molecule has 0 spiro atoms. The lowest BCUT2D eigenvalue weighted by molar-refractivity contribution is -0.0417. The molecule has 0 N–H and O–H groups in total. The summed E-state index contributed by atoms with van der Waals surface area (Å²) in [5.74, 6) is 1.78. The van der Waals surface area contributed by atoms with Crippen molar-refractivity contribution in [3.8, 4) is 11.5 Å². The summed E-state index contributed by atoms with van der Waals surface area (Å²) in [7, 11) is 0. The molecule has 0 bridgehead atoms. The highest BCUT2D eigenvalue weighted by molar-refractivity contribution is 5.41. The number of piperidine rings is 1. The molecule has 1 fully saturated rings. The van der Waals surface area contributed by atoms with Crippen molar-refractivity contribution in [2.75, 3.05) is 13.1 Å². The standard InChI is InChI=1S/C14H19NO2/c1-10(2)15-8-7-13-14(9-15)17-12-6-4-3-5-11(12)16-13/h3-6,10,13-14H,7-9H2,1-2H3. The van der Waals surface area contributed by atoms with Crippen molar-refractivity contribution in [3.05, 3.63) is 24.3 Å². The summed E-state index contributed by atoms with van der Waals surface area (Å²) in [6.07, 6.45) is 1.46. The molecule has 2 aliphatic heterocycles. The number of nitrogens with zero attached hydrogens (tertiary/aromatic N) is 1. The normalized spacial score (nSPS) is 27.9. The molecule has 2 atom stereocenters. The summed E-state index contributed by atoms with van der Waals surface area (Å²) in [6, 6.07) is 8.54. The van der Waals surface area contributed by atoms with E-state index >= 15 is 0 Å². The van der Waals surface area contributed by atoms with E-state index < -0.39 is 0 Å². The molecule has 3 heteroatoms. The first kappa shape index (κ1) is 10.9. The van der Waals surface area contributed by atoms with Crippen LogP contribution in [0, 0.1) is 0 Å². The summed E-state index contributed by atoms with van der Waals surface area (Å²) < 4.78 is 12.1. The average Bonchev–Trinajstić information content (AvgIpc) is 2.35. The van der Waals surface area contributed by atoms with E-state index in [-0.39, 0.29) is 12.2 Å². The number of fused-ring (bicyclic) bond motifs is 2. The van der Waals surface area contributed by atoms with Gasteiger partial charge < -0.3 is 9.47 Å². The predicted octanol–water partition coefficient (Wildman–Crippen LogP) is 2.31. The molecule has 3 nitrogen and oxygen atoms in total. The third-order valence-corrected chi connectivity index (χ3v) is 3.67.